The Morgan fingerprint density at radius 3 is 2.88 bits per heavy atom. The van der Waals surface area contributed by atoms with Crippen LogP contribution >= 0.6 is 0 Å². The average Bonchev–Trinajstić information content (AvgIpc) is 2.24. The number of aryl methyl sites for hydroxylation is 1. The Kier molecular flexibility index (Phi) is 5.12. The minimum atomic E-state index is -0.274. The second-order valence-corrected chi connectivity index (χ2v) is 3.99. The van der Waals surface area contributed by atoms with Gasteiger partial charge in [-0.05, 0) is 50.2 Å². The molecule has 0 amide bonds. The van der Waals surface area contributed by atoms with Crippen molar-refractivity contribution in [1.82, 2.24) is 5.32 Å². The van der Waals surface area contributed by atoms with Gasteiger partial charge in [-0.3, -0.25) is 4.79 Å². The number of hydrogen-bond acceptors (Lipinski definition) is 2. The maximum atomic E-state index is 13.0. The van der Waals surface area contributed by atoms with Crippen molar-refractivity contribution in [3.63, 3.8) is 0 Å². The zero-order valence-electron chi connectivity index (χ0n) is 9.85. The molecule has 0 unspecified atom stereocenters. The summed E-state index contributed by atoms with van der Waals surface area (Å²) in [6, 6.07) is 4.58. The number of nitrogens with one attached hydrogen (secondary N) is 1. The van der Waals surface area contributed by atoms with E-state index in [2.05, 4.69) is 5.32 Å². The van der Waals surface area contributed by atoms with E-state index in [1.165, 1.54) is 12.1 Å². The summed E-state index contributed by atoms with van der Waals surface area (Å²) < 4.78 is 13.0. The topological polar surface area (TPSA) is 29.1 Å². The minimum absolute atomic E-state index is 0.170. The quantitative estimate of drug-likeness (QED) is 0.749. The van der Waals surface area contributed by atoms with E-state index in [0.29, 0.717) is 12.8 Å². The maximum absolute atomic E-state index is 13.0. The molecule has 0 saturated carbocycles. The molecule has 1 aromatic rings. The molecule has 0 heterocycles. The van der Waals surface area contributed by atoms with E-state index in [4.69, 9.17) is 0 Å². The molecule has 0 aromatic heterocycles. The Morgan fingerprint density at radius 1 is 1.44 bits per heavy atom. The van der Waals surface area contributed by atoms with Crippen LogP contribution in [0.15, 0.2) is 18.2 Å². The van der Waals surface area contributed by atoms with Gasteiger partial charge >= 0.3 is 0 Å². The van der Waals surface area contributed by atoms with Crippen molar-refractivity contribution in [1.29, 1.82) is 0 Å². The van der Waals surface area contributed by atoms with Gasteiger partial charge in [0.25, 0.3) is 0 Å². The Hall–Kier alpha value is -1.22. The summed E-state index contributed by atoms with van der Waals surface area (Å²) in [6.07, 6.45) is 1.73. The van der Waals surface area contributed by atoms with Crippen LogP contribution in [0.25, 0.3) is 0 Å². The van der Waals surface area contributed by atoms with Crippen molar-refractivity contribution in [2.24, 2.45) is 0 Å². The molecular weight excluding hydrogens is 205 g/mol. The maximum Gasteiger partial charge on any atom is 0.137 e. The number of rotatable bonds is 6. The highest BCUT2D eigenvalue weighted by atomic mass is 19.1. The standard InChI is InChI=1S/C13H18FNO/c1-10-5-6-12(14)8-11(10)9-13(16)4-3-7-15-2/h5-6,8,15H,3-4,7,9H2,1-2H3. The fourth-order valence-corrected chi connectivity index (χ4v) is 1.59. The van der Waals surface area contributed by atoms with Gasteiger partial charge in [0.1, 0.15) is 11.6 Å². The molecule has 2 nitrogen and oxygen atoms in total. The van der Waals surface area contributed by atoms with Gasteiger partial charge in [0.15, 0.2) is 0 Å². The van der Waals surface area contributed by atoms with Gasteiger partial charge in [-0.15, -0.1) is 0 Å². The molecule has 0 aliphatic heterocycles. The Morgan fingerprint density at radius 2 is 2.19 bits per heavy atom. The Bertz CT molecular complexity index is 363. The average molecular weight is 223 g/mol. The molecule has 0 atom stereocenters. The van der Waals surface area contributed by atoms with Gasteiger partial charge < -0.3 is 5.32 Å². The zero-order valence-corrected chi connectivity index (χ0v) is 9.85. The summed E-state index contributed by atoms with van der Waals surface area (Å²) in [5.74, 6) is -0.104. The van der Waals surface area contributed by atoms with E-state index in [1.807, 2.05) is 14.0 Å². The molecule has 1 rings (SSSR count). The molecule has 0 radical (unpaired) electrons. The molecular formula is C13H18FNO. The predicted molar refractivity (Wildman–Crippen MR) is 63.0 cm³/mol. The van der Waals surface area contributed by atoms with Crippen LogP contribution in [0.2, 0.25) is 0 Å². The second kappa shape index (κ2) is 6.38. The number of carbonyl (C=O) groups is 1. The van der Waals surface area contributed by atoms with Gasteiger partial charge in [0.2, 0.25) is 0 Å². The van der Waals surface area contributed by atoms with Crippen LogP contribution < -0.4 is 5.32 Å². The molecule has 0 spiro atoms. The first kappa shape index (κ1) is 12.8. The minimum Gasteiger partial charge on any atom is -0.320 e. The smallest absolute Gasteiger partial charge is 0.137 e. The molecule has 0 bridgehead atoms. The fourth-order valence-electron chi connectivity index (χ4n) is 1.59. The van der Waals surface area contributed by atoms with Gasteiger partial charge in [-0.25, -0.2) is 4.39 Å². The summed E-state index contributed by atoms with van der Waals surface area (Å²) in [7, 11) is 1.86. The number of hydrogen-bond donors (Lipinski definition) is 1. The largest absolute Gasteiger partial charge is 0.320 e. The lowest BCUT2D eigenvalue weighted by molar-refractivity contribution is -0.118. The fraction of sp³-hybridized carbons (Fsp3) is 0.462. The van der Waals surface area contributed by atoms with Crippen LogP contribution in [-0.2, 0) is 11.2 Å². The van der Waals surface area contributed by atoms with Gasteiger partial charge in [-0.2, -0.15) is 0 Å². The number of carbonyl (C=O) groups excluding carboxylic acids is 1. The summed E-state index contributed by atoms with van der Waals surface area (Å²) in [4.78, 5) is 11.6. The van der Waals surface area contributed by atoms with E-state index in [1.54, 1.807) is 6.07 Å². The van der Waals surface area contributed by atoms with Crippen molar-refractivity contribution in [2.75, 3.05) is 13.6 Å². The van der Waals surface area contributed by atoms with E-state index in [0.717, 1.165) is 24.1 Å². The molecule has 1 N–H and O–H groups in total. The number of benzene rings is 1. The Labute approximate surface area is 95.9 Å². The van der Waals surface area contributed by atoms with Crippen molar-refractivity contribution < 1.29 is 9.18 Å². The van der Waals surface area contributed by atoms with Gasteiger partial charge in [-0.1, -0.05) is 6.07 Å². The van der Waals surface area contributed by atoms with E-state index in [9.17, 15) is 9.18 Å². The third-order valence-corrected chi connectivity index (χ3v) is 2.58. The van der Waals surface area contributed by atoms with E-state index < -0.39 is 0 Å². The number of ketones is 1. The number of Topliss-reactive ketones (excluding diaryl/α,β-unsaturated/α-hetero) is 1. The van der Waals surface area contributed by atoms with Gasteiger partial charge in [0.05, 0.1) is 0 Å². The summed E-state index contributed by atoms with van der Waals surface area (Å²) in [6.45, 7) is 2.74. The van der Waals surface area contributed by atoms with Crippen LogP contribution in [0.1, 0.15) is 24.0 Å². The molecule has 0 aliphatic carbocycles. The lowest BCUT2D eigenvalue weighted by Gasteiger charge is -2.05. The van der Waals surface area contributed by atoms with Crippen LogP contribution in [0, 0.1) is 12.7 Å². The van der Waals surface area contributed by atoms with E-state index >= 15 is 0 Å². The van der Waals surface area contributed by atoms with Crippen molar-refractivity contribution in [3.8, 4) is 0 Å². The van der Waals surface area contributed by atoms with Crippen molar-refractivity contribution in [2.45, 2.75) is 26.2 Å². The lowest BCUT2D eigenvalue weighted by Crippen LogP contribution is -2.11. The third kappa shape index (κ3) is 4.11. The Balaban J connectivity index is 2.52. The molecule has 3 heteroatoms. The molecule has 0 saturated heterocycles. The molecule has 1 aromatic carbocycles. The molecule has 0 fully saturated rings. The lowest BCUT2D eigenvalue weighted by atomic mass is 10.0. The highest BCUT2D eigenvalue weighted by Crippen LogP contribution is 2.12. The van der Waals surface area contributed by atoms with Crippen LogP contribution in [0.4, 0.5) is 4.39 Å². The molecule has 88 valence electrons. The van der Waals surface area contributed by atoms with Gasteiger partial charge in [0, 0.05) is 12.8 Å². The zero-order chi connectivity index (χ0) is 12.0. The first-order valence-corrected chi connectivity index (χ1v) is 5.55. The first-order chi connectivity index (χ1) is 7.63. The summed E-state index contributed by atoms with van der Waals surface area (Å²) in [5, 5.41) is 3.00. The predicted octanol–water partition coefficient (Wildman–Crippen LogP) is 2.25. The van der Waals surface area contributed by atoms with E-state index in [-0.39, 0.29) is 11.6 Å². The summed E-state index contributed by atoms with van der Waals surface area (Å²) in [5.41, 5.74) is 1.78. The van der Waals surface area contributed by atoms with Crippen LogP contribution in [-0.4, -0.2) is 19.4 Å². The van der Waals surface area contributed by atoms with Crippen LogP contribution in [0.5, 0.6) is 0 Å². The molecule has 0 aliphatic rings. The normalized spacial score (nSPS) is 10.4. The monoisotopic (exact) mass is 223 g/mol. The number of halogens is 1. The van der Waals surface area contributed by atoms with Crippen LogP contribution in [0.3, 0.4) is 0 Å². The van der Waals surface area contributed by atoms with Crippen molar-refractivity contribution >= 4 is 5.78 Å². The third-order valence-electron chi connectivity index (χ3n) is 2.58. The highest BCUT2D eigenvalue weighted by Gasteiger charge is 2.06. The summed E-state index contributed by atoms with van der Waals surface area (Å²) >= 11 is 0. The second-order valence-electron chi connectivity index (χ2n) is 3.99. The first-order valence-electron chi connectivity index (χ1n) is 5.55. The SMILES string of the molecule is CNCCCC(=O)Cc1cc(F)ccc1C. The highest BCUT2D eigenvalue weighted by molar-refractivity contribution is 5.81. The van der Waals surface area contributed by atoms with Crippen molar-refractivity contribution in [3.05, 3.63) is 35.1 Å². The molecule has 16 heavy (non-hydrogen) atoms.